The zero-order valence-electron chi connectivity index (χ0n) is 9.86. The second kappa shape index (κ2) is 5.35. The van der Waals surface area contributed by atoms with Gasteiger partial charge in [-0.2, -0.15) is 0 Å². The number of aryl methyl sites for hydroxylation is 1. The van der Waals surface area contributed by atoms with E-state index in [0.29, 0.717) is 0 Å². The SMILES string of the molecule is Cc1ccccc1C(N)Cc1cccc(Cl)c1. The summed E-state index contributed by atoms with van der Waals surface area (Å²) in [6.45, 7) is 2.09. The van der Waals surface area contributed by atoms with Crippen molar-refractivity contribution in [3.8, 4) is 0 Å². The molecule has 0 spiro atoms. The molecule has 2 aromatic carbocycles. The van der Waals surface area contributed by atoms with Crippen molar-refractivity contribution in [2.45, 2.75) is 19.4 Å². The smallest absolute Gasteiger partial charge is 0.0408 e. The Kier molecular flexibility index (Phi) is 3.82. The number of hydrogen-bond donors (Lipinski definition) is 1. The van der Waals surface area contributed by atoms with Crippen LogP contribution in [0.25, 0.3) is 0 Å². The molecule has 2 N–H and O–H groups in total. The lowest BCUT2D eigenvalue weighted by Gasteiger charge is -2.14. The first-order valence-corrected chi connectivity index (χ1v) is 6.10. The maximum absolute atomic E-state index is 6.23. The van der Waals surface area contributed by atoms with Crippen LogP contribution in [0, 0.1) is 6.92 Å². The summed E-state index contributed by atoms with van der Waals surface area (Å²) in [5, 5.41) is 0.763. The van der Waals surface area contributed by atoms with Crippen LogP contribution in [0.2, 0.25) is 5.02 Å². The third-order valence-electron chi connectivity index (χ3n) is 2.93. The number of halogens is 1. The van der Waals surface area contributed by atoms with Gasteiger partial charge in [-0.15, -0.1) is 0 Å². The van der Waals surface area contributed by atoms with Crippen LogP contribution in [0.1, 0.15) is 22.7 Å². The Morgan fingerprint density at radius 3 is 2.59 bits per heavy atom. The van der Waals surface area contributed by atoms with Crippen molar-refractivity contribution in [2.24, 2.45) is 5.73 Å². The van der Waals surface area contributed by atoms with E-state index < -0.39 is 0 Å². The van der Waals surface area contributed by atoms with Crippen molar-refractivity contribution in [1.29, 1.82) is 0 Å². The molecule has 0 aliphatic rings. The van der Waals surface area contributed by atoms with Gasteiger partial charge in [0.05, 0.1) is 0 Å². The Morgan fingerprint density at radius 2 is 1.88 bits per heavy atom. The van der Waals surface area contributed by atoms with Gasteiger partial charge in [0, 0.05) is 11.1 Å². The minimum Gasteiger partial charge on any atom is -0.324 e. The van der Waals surface area contributed by atoms with Gasteiger partial charge in [0.25, 0.3) is 0 Å². The van der Waals surface area contributed by atoms with Gasteiger partial charge in [0.15, 0.2) is 0 Å². The zero-order valence-corrected chi connectivity index (χ0v) is 10.6. The first kappa shape index (κ1) is 12.2. The van der Waals surface area contributed by atoms with E-state index in [-0.39, 0.29) is 6.04 Å². The molecule has 0 aliphatic heterocycles. The molecular formula is C15H16ClN. The fourth-order valence-corrected chi connectivity index (χ4v) is 2.24. The van der Waals surface area contributed by atoms with Crippen molar-refractivity contribution < 1.29 is 0 Å². The van der Waals surface area contributed by atoms with E-state index >= 15 is 0 Å². The molecule has 0 aliphatic carbocycles. The van der Waals surface area contributed by atoms with Crippen LogP contribution in [-0.2, 0) is 6.42 Å². The van der Waals surface area contributed by atoms with E-state index in [9.17, 15) is 0 Å². The molecule has 0 fully saturated rings. The Morgan fingerprint density at radius 1 is 1.12 bits per heavy atom. The molecule has 1 nitrogen and oxygen atoms in total. The van der Waals surface area contributed by atoms with E-state index in [4.69, 9.17) is 17.3 Å². The summed E-state index contributed by atoms with van der Waals surface area (Å²) in [5.74, 6) is 0. The van der Waals surface area contributed by atoms with E-state index in [1.54, 1.807) is 0 Å². The van der Waals surface area contributed by atoms with E-state index in [0.717, 1.165) is 11.4 Å². The van der Waals surface area contributed by atoms with Gasteiger partial charge >= 0.3 is 0 Å². The lowest BCUT2D eigenvalue weighted by molar-refractivity contribution is 0.717. The Labute approximate surface area is 107 Å². The summed E-state index contributed by atoms with van der Waals surface area (Å²) >= 11 is 5.96. The van der Waals surface area contributed by atoms with Crippen molar-refractivity contribution in [1.82, 2.24) is 0 Å². The molecule has 2 rings (SSSR count). The van der Waals surface area contributed by atoms with Gasteiger partial charge in [-0.3, -0.25) is 0 Å². The summed E-state index contributed by atoms with van der Waals surface area (Å²) in [6, 6.07) is 16.1. The molecular weight excluding hydrogens is 230 g/mol. The van der Waals surface area contributed by atoms with Gasteiger partial charge < -0.3 is 5.73 Å². The Balaban J connectivity index is 2.17. The summed E-state index contributed by atoms with van der Waals surface area (Å²) in [6.07, 6.45) is 0.811. The maximum atomic E-state index is 6.23. The molecule has 0 bridgehead atoms. The maximum Gasteiger partial charge on any atom is 0.0408 e. The molecule has 1 unspecified atom stereocenters. The molecule has 88 valence electrons. The van der Waals surface area contributed by atoms with Crippen molar-refractivity contribution in [3.05, 3.63) is 70.2 Å². The molecule has 17 heavy (non-hydrogen) atoms. The van der Waals surface area contributed by atoms with Crippen LogP contribution in [0.3, 0.4) is 0 Å². The average Bonchev–Trinajstić information content (AvgIpc) is 2.29. The van der Waals surface area contributed by atoms with Gasteiger partial charge in [0.2, 0.25) is 0 Å². The van der Waals surface area contributed by atoms with Crippen LogP contribution in [0.5, 0.6) is 0 Å². The van der Waals surface area contributed by atoms with Crippen molar-refractivity contribution in [3.63, 3.8) is 0 Å². The summed E-state index contributed by atoms with van der Waals surface area (Å²) in [7, 11) is 0. The summed E-state index contributed by atoms with van der Waals surface area (Å²) in [4.78, 5) is 0. The first-order chi connectivity index (χ1) is 8.16. The third-order valence-corrected chi connectivity index (χ3v) is 3.17. The molecule has 0 saturated heterocycles. The highest BCUT2D eigenvalue weighted by Gasteiger charge is 2.09. The highest BCUT2D eigenvalue weighted by molar-refractivity contribution is 6.30. The van der Waals surface area contributed by atoms with E-state index in [1.165, 1.54) is 16.7 Å². The summed E-state index contributed by atoms with van der Waals surface area (Å²) < 4.78 is 0. The van der Waals surface area contributed by atoms with E-state index in [1.807, 2.05) is 30.3 Å². The van der Waals surface area contributed by atoms with Gasteiger partial charge in [-0.25, -0.2) is 0 Å². The van der Waals surface area contributed by atoms with Crippen LogP contribution in [0.15, 0.2) is 48.5 Å². The van der Waals surface area contributed by atoms with Crippen molar-refractivity contribution in [2.75, 3.05) is 0 Å². The topological polar surface area (TPSA) is 26.0 Å². The summed E-state index contributed by atoms with van der Waals surface area (Å²) in [5.41, 5.74) is 9.85. The molecule has 0 radical (unpaired) electrons. The third kappa shape index (κ3) is 3.09. The highest BCUT2D eigenvalue weighted by Crippen LogP contribution is 2.20. The molecule has 0 aromatic heterocycles. The van der Waals surface area contributed by atoms with Gasteiger partial charge in [0.1, 0.15) is 0 Å². The second-order valence-corrected chi connectivity index (χ2v) is 4.73. The normalized spacial score (nSPS) is 12.4. The van der Waals surface area contributed by atoms with Crippen LogP contribution >= 0.6 is 11.6 Å². The predicted octanol–water partition coefficient (Wildman–Crippen LogP) is 3.89. The van der Waals surface area contributed by atoms with Crippen LogP contribution in [-0.4, -0.2) is 0 Å². The Hall–Kier alpha value is -1.31. The standard InChI is InChI=1S/C15H16ClN/c1-11-5-2-3-8-14(11)15(17)10-12-6-4-7-13(16)9-12/h2-9,15H,10,17H2,1H3. The fraction of sp³-hybridized carbons (Fsp3) is 0.200. The van der Waals surface area contributed by atoms with Crippen LogP contribution in [0.4, 0.5) is 0 Å². The minimum absolute atomic E-state index is 0.0228. The zero-order chi connectivity index (χ0) is 12.3. The van der Waals surface area contributed by atoms with E-state index in [2.05, 4.69) is 25.1 Å². The largest absolute Gasteiger partial charge is 0.324 e. The predicted molar refractivity (Wildman–Crippen MR) is 73.3 cm³/mol. The van der Waals surface area contributed by atoms with Gasteiger partial charge in [-0.1, -0.05) is 48.0 Å². The lowest BCUT2D eigenvalue weighted by atomic mass is 9.96. The number of hydrogen-bond acceptors (Lipinski definition) is 1. The number of benzene rings is 2. The molecule has 2 heteroatoms. The molecule has 2 aromatic rings. The number of nitrogens with two attached hydrogens (primary N) is 1. The van der Waals surface area contributed by atoms with Gasteiger partial charge in [-0.05, 0) is 42.2 Å². The average molecular weight is 246 g/mol. The van der Waals surface area contributed by atoms with Crippen molar-refractivity contribution >= 4 is 11.6 Å². The minimum atomic E-state index is 0.0228. The molecule has 1 atom stereocenters. The number of rotatable bonds is 3. The Bertz CT molecular complexity index is 508. The fourth-order valence-electron chi connectivity index (χ4n) is 2.03. The molecule has 0 heterocycles. The quantitative estimate of drug-likeness (QED) is 0.872. The highest BCUT2D eigenvalue weighted by atomic mass is 35.5. The second-order valence-electron chi connectivity index (χ2n) is 4.30. The lowest BCUT2D eigenvalue weighted by Crippen LogP contribution is -2.14. The molecule has 0 amide bonds. The first-order valence-electron chi connectivity index (χ1n) is 5.72. The van der Waals surface area contributed by atoms with Crippen LogP contribution < -0.4 is 5.73 Å². The monoisotopic (exact) mass is 245 g/mol. The molecule has 0 saturated carbocycles.